The van der Waals surface area contributed by atoms with Gasteiger partial charge in [0, 0.05) is 19.1 Å². The molecule has 0 bridgehead atoms. The van der Waals surface area contributed by atoms with Gasteiger partial charge in [0.1, 0.15) is 6.80 Å². The fraction of sp³-hybridized carbons (Fsp3) is 1.00. The van der Waals surface area contributed by atoms with Crippen LogP contribution in [-0.4, -0.2) is 30.8 Å². The standard InChI is InChI=1S/C6H13FN2/c7-5-9-3-1-2-6(9)4-8/h6H,1-5,8H2. The summed E-state index contributed by atoms with van der Waals surface area (Å²) in [6.45, 7) is 1.16. The smallest absolute Gasteiger partial charge is 0.143 e. The largest absolute Gasteiger partial charge is 0.329 e. The molecule has 0 aliphatic carbocycles. The van der Waals surface area contributed by atoms with Crippen LogP contribution in [0.3, 0.4) is 0 Å². The van der Waals surface area contributed by atoms with Crippen LogP contribution in [0.1, 0.15) is 12.8 Å². The molecule has 0 aromatic carbocycles. The summed E-state index contributed by atoms with van der Waals surface area (Å²) < 4.78 is 12.0. The van der Waals surface area contributed by atoms with E-state index in [-0.39, 0.29) is 6.80 Å². The zero-order valence-corrected chi connectivity index (χ0v) is 5.52. The molecule has 0 amide bonds. The van der Waals surface area contributed by atoms with E-state index in [9.17, 15) is 4.39 Å². The van der Waals surface area contributed by atoms with Gasteiger partial charge in [-0.25, -0.2) is 4.39 Å². The molecule has 1 aliphatic rings. The van der Waals surface area contributed by atoms with Gasteiger partial charge in [0.15, 0.2) is 0 Å². The second-order valence-corrected chi connectivity index (χ2v) is 2.46. The van der Waals surface area contributed by atoms with Gasteiger partial charge in [-0.3, -0.25) is 4.90 Å². The lowest BCUT2D eigenvalue weighted by Crippen LogP contribution is -2.34. The van der Waals surface area contributed by atoms with Crippen LogP contribution in [0, 0.1) is 0 Å². The van der Waals surface area contributed by atoms with Gasteiger partial charge in [0.25, 0.3) is 0 Å². The lowest BCUT2D eigenvalue weighted by Gasteiger charge is -2.18. The number of halogens is 1. The summed E-state index contributed by atoms with van der Waals surface area (Å²) in [7, 11) is 0. The summed E-state index contributed by atoms with van der Waals surface area (Å²) >= 11 is 0. The fourth-order valence-corrected chi connectivity index (χ4v) is 1.32. The van der Waals surface area contributed by atoms with Gasteiger partial charge in [-0.2, -0.15) is 0 Å². The molecule has 9 heavy (non-hydrogen) atoms. The molecule has 0 radical (unpaired) electrons. The van der Waals surface area contributed by atoms with Crippen molar-refractivity contribution >= 4 is 0 Å². The number of likely N-dealkylation sites (tertiary alicyclic amines) is 1. The number of rotatable bonds is 2. The maximum absolute atomic E-state index is 12.0. The van der Waals surface area contributed by atoms with Gasteiger partial charge in [0.05, 0.1) is 0 Å². The third kappa shape index (κ3) is 1.40. The Morgan fingerprint density at radius 1 is 1.67 bits per heavy atom. The highest BCUT2D eigenvalue weighted by Crippen LogP contribution is 2.14. The molecular formula is C6H13FN2. The van der Waals surface area contributed by atoms with Gasteiger partial charge >= 0.3 is 0 Å². The molecule has 1 heterocycles. The summed E-state index contributed by atoms with van der Waals surface area (Å²) in [6.07, 6.45) is 2.17. The number of nitrogens with two attached hydrogens (primary N) is 1. The van der Waals surface area contributed by atoms with Crippen LogP contribution < -0.4 is 5.73 Å². The molecule has 54 valence electrons. The van der Waals surface area contributed by atoms with Gasteiger partial charge in [0.2, 0.25) is 0 Å². The minimum atomic E-state index is -0.331. The summed E-state index contributed by atoms with van der Waals surface area (Å²) in [5, 5.41) is 0. The first-order chi connectivity index (χ1) is 4.38. The van der Waals surface area contributed by atoms with Crippen molar-refractivity contribution in [3.05, 3.63) is 0 Å². The minimum absolute atomic E-state index is 0.315. The second-order valence-electron chi connectivity index (χ2n) is 2.46. The van der Waals surface area contributed by atoms with Crippen LogP contribution in [0.25, 0.3) is 0 Å². The van der Waals surface area contributed by atoms with Crippen molar-refractivity contribution in [3.63, 3.8) is 0 Å². The van der Waals surface area contributed by atoms with Crippen LogP contribution in [0.15, 0.2) is 0 Å². The van der Waals surface area contributed by atoms with Gasteiger partial charge < -0.3 is 5.73 Å². The molecule has 1 unspecified atom stereocenters. The lowest BCUT2D eigenvalue weighted by atomic mass is 10.2. The average Bonchev–Trinajstić information content (AvgIpc) is 2.33. The van der Waals surface area contributed by atoms with Crippen molar-refractivity contribution < 1.29 is 4.39 Å². The molecule has 1 fully saturated rings. The Hall–Kier alpha value is -0.150. The molecule has 2 nitrogen and oxygen atoms in total. The van der Waals surface area contributed by atoms with E-state index in [0.29, 0.717) is 12.6 Å². The zero-order valence-electron chi connectivity index (χ0n) is 5.52. The van der Waals surface area contributed by atoms with E-state index in [1.165, 1.54) is 0 Å². The Morgan fingerprint density at radius 2 is 2.44 bits per heavy atom. The third-order valence-corrected chi connectivity index (χ3v) is 1.92. The zero-order chi connectivity index (χ0) is 6.69. The van der Waals surface area contributed by atoms with E-state index in [0.717, 1.165) is 19.4 Å². The Balaban J connectivity index is 2.32. The maximum Gasteiger partial charge on any atom is 0.143 e. The van der Waals surface area contributed by atoms with E-state index in [1.807, 2.05) is 0 Å². The molecular weight excluding hydrogens is 119 g/mol. The van der Waals surface area contributed by atoms with Gasteiger partial charge in [-0.1, -0.05) is 0 Å². The average molecular weight is 132 g/mol. The molecule has 0 aromatic heterocycles. The Kier molecular flexibility index (Phi) is 2.42. The van der Waals surface area contributed by atoms with Crippen LogP contribution in [0.2, 0.25) is 0 Å². The fourth-order valence-electron chi connectivity index (χ4n) is 1.32. The molecule has 1 rings (SSSR count). The molecule has 2 N–H and O–H groups in total. The summed E-state index contributed by atoms with van der Waals surface area (Å²) in [6, 6.07) is 0.315. The van der Waals surface area contributed by atoms with Crippen molar-refractivity contribution in [2.45, 2.75) is 18.9 Å². The van der Waals surface area contributed by atoms with E-state index in [1.54, 1.807) is 4.90 Å². The summed E-state index contributed by atoms with van der Waals surface area (Å²) in [4.78, 5) is 1.79. The second kappa shape index (κ2) is 3.13. The monoisotopic (exact) mass is 132 g/mol. The van der Waals surface area contributed by atoms with Crippen molar-refractivity contribution in [1.82, 2.24) is 4.90 Å². The molecule has 1 aliphatic heterocycles. The van der Waals surface area contributed by atoms with Crippen molar-refractivity contribution in [2.24, 2.45) is 5.73 Å². The topological polar surface area (TPSA) is 29.3 Å². The van der Waals surface area contributed by atoms with E-state index in [2.05, 4.69) is 0 Å². The molecule has 1 saturated heterocycles. The van der Waals surface area contributed by atoms with E-state index >= 15 is 0 Å². The Bertz CT molecular complexity index is 77.1. The normalized spacial score (nSPS) is 29.3. The molecule has 0 saturated carbocycles. The molecule has 0 aromatic rings. The van der Waals surface area contributed by atoms with Gasteiger partial charge in [-0.15, -0.1) is 0 Å². The minimum Gasteiger partial charge on any atom is -0.329 e. The third-order valence-electron chi connectivity index (χ3n) is 1.92. The molecule has 0 spiro atoms. The number of hydrogen-bond donors (Lipinski definition) is 1. The SMILES string of the molecule is NCC1CCCN1CF. The van der Waals surface area contributed by atoms with E-state index < -0.39 is 0 Å². The highest BCUT2D eigenvalue weighted by Gasteiger charge is 2.21. The Morgan fingerprint density at radius 3 is 2.89 bits per heavy atom. The number of hydrogen-bond acceptors (Lipinski definition) is 2. The van der Waals surface area contributed by atoms with Crippen LogP contribution in [0.4, 0.5) is 4.39 Å². The number of nitrogens with zero attached hydrogens (tertiary/aromatic N) is 1. The summed E-state index contributed by atoms with van der Waals surface area (Å²) in [5.41, 5.74) is 5.39. The van der Waals surface area contributed by atoms with E-state index in [4.69, 9.17) is 5.73 Å². The first-order valence-electron chi connectivity index (χ1n) is 3.38. The first kappa shape index (κ1) is 6.96. The maximum atomic E-state index is 12.0. The van der Waals surface area contributed by atoms with Crippen LogP contribution >= 0.6 is 0 Å². The first-order valence-corrected chi connectivity index (χ1v) is 3.38. The van der Waals surface area contributed by atoms with Crippen LogP contribution in [0.5, 0.6) is 0 Å². The summed E-state index contributed by atoms with van der Waals surface area (Å²) in [5.74, 6) is 0. The Labute approximate surface area is 54.8 Å². The van der Waals surface area contributed by atoms with Crippen molar-refractivity contribution in [3.8, 4) is 0 Å². The predicted molar refractivity (Wildman–Crippen MR) is 34.8 cm³/mol. The number of alkyl halides is 1. The van der Waals surface area contributed by atoms with Gasteiger partial charge in [-0.05, 0) is 12.8 Å². The predicted octanol–water partition coefficient (Wildman–Crippen LogP) is 0.336. The van der Waals surface area contributed by atoms with Crippen LogP contribution in [-0.2, 0) is 0 Å². The quantitative estimate of drug-likeness (QED) is 0.549. The lowest BCUT2D eigenvalue weighted by molar-refractivity contribution is 0.174. The van der Waals surface area contributed by atoms with Crippen molar-refractivity contribution in [1.29, 1.82) is 0 Å². The van der Waals surface area contributed by atoms with Crippen molar-refractivity contribution in [2.75, 3.05) is 19.9 Å². The molecule has 3 heteroatoms. The molecule has 1 atom stereocenters. The highest BCUT2D eigenvalue weighted by molar-refractivity contribution is 4.77. The highest BCUT2D eigenvalue weighted by atomic mass is 19.1.